The third-order valence-electron chi connectivity index (χ3n) is 11.2. The molecule has 262 valence electrons. The summed E-state index contributed by atoms with van der Waals surface area (Å²) in [5.74, 6) is 3.68. The van der Waals surface area contributed by atoms with Crippen molar-refractivity contribution < 1.29 is 4.74 Å². The van der Waals surface area contributed by atoms with Crippen molar-refractivity contribution in [2.45, 2.75) is 5.41 Å². The fourth-order valence-electron chi connectivity index (χ4n) is 8.79. The van der Waals surface area contributed by atoms with E-state index in [-0.39, 0.29) is 0 Å². The number of para-hydroxylation sites is 2. The Kier molecular flexibility index (Phi) is 7.36. The molecule has 1 aliphatic carbocycles. The maximum absolute atomic E-state index is 6.94. The van der Waals surface area contributed by atoms with Crippen LogP contribution >= 0.6 is 0 Å². The summed E-state index contributed by atoms with van der Waals surface area (Å²) in [4.78, 5) is 15.0. The smallest absolute Gasteiger partial charge is 0.164 e. The molecular weight excluding hydrogens is 683 g/mol. The van der Waals surface area contributed by atoms with Gasteiger partial charge in [-0.1, -0.05) is 194 Å². The summed E-state index contributed by atoms with van der Waals surface area (Å²) in [6, 6.07) is 70.1. The van der Waals surface area contributed by atoms with Crippen molar-refractivity contribution in [3.8, 4) is 79.0 Å². The highest BCUT2D eigenvalue weighted by Crippen LogP contribution is 2.63. The van der Waals surface area contributed by atoms with Crippen LogP contribution < -0.4 is 4.74 Å². The number of fused-ring (bicyclic) bond motifs is 9. The van der Waals surface area contributed by atoms with Crippen LogP contribution in [0.5, 0.6) is 11.5 Å². The van der Waals surface area contributed by atoms with Gasteiger partial charge in [-0.25, -0.2) is 15.0 Å². The molecule has 0 amide bonds. The number of nitrogens with zero attached hydrogens (tertiary/aromatic N) is 3. The molecule has 9 aromatic rings. The van der Waals surface area contributed by atoms with Gasteiger partial charge in [-0.05, 0) is 45.0 Å². The molecule has 0 saturated carbocycles. The van der Waals surface area contributed by atoms with Crippen molar-refractivity contribution >= 4 is 0 Å². The molecule has 0 bridgehead atoms. The number of hydrogen-bond acceptors (Lipinski definition) is 4. The lowest BCUT2D eigenvalue weighted by molar-refractivity contribution is 0.438. The molecule has 8 aromatic carbocycles. The number of benzene rings is 8. The van der Waals surface area contributed by atoms with Gasteiger partial charge in [0.05, 0.1) is 5.41 Å². The minimum absolute atomic E-state index is 0.506. The number of aromatic nitrogens is 3. The maximum Gasteiger partial charge on any atom is 0.164 e. The summed E-state index contributed by atoms with van der Waals surface area (Å²) in [6.45, 7) is 0. The molecule has 56 heavy (non-hydrogen) atoms. The van der Waals surface area contributed by atoms with E-state index in [1.807, 2.05) is 66.7 Å². The molecule has 0 N–H and O–H groups in total. The maximum atomic E-state index is 6.94. The Morgan fingerprint density at radius 1 is 0.286 bits per heavy atom. The Hall–Kier alpha value is -7.43. The zero-order valence-corrected chi connectivity index (χ0v) is 30.3. The number of hydrogen-bond donors (Lipinski definition) is 0. The number of rotatable bonds is 5. The van der Waals surface area contributed by atoms with Crippen molar-refractivity contribution in [1.82, 2.24) is 15.0 Å². The molecule has 1 aliphatic heterocycles. The average Bonchev–Trinajstić information content (AvgIpc) is 3.57. The van der Waals surface area contributed by atoms with Crippen LogP contribution in [0.15, 0.2) is 200 Å². The van der Waals surface area contributed by atoms with Gasteiger partial charge in [0.25, 0.3) is 0 Å². The highest BCUT2D eigenvalue weighted by Gasteiger charge is 2.51. The lowest BCUT2D eigenvalue weighted by atomic mass is 9.65. The summed E-state index contributed by atoms with van der Waals surface area (Å²) < 4.78 is 6.94. The quantitative estimate of drug-likeness (QED) is 0.178. The first-order valence-corrected chi connectivity index (χ1v) is 18.9. The lowest BCUT2D eigenvalue weighted by Crippen LogP contribution is -2.32. The van der Waals surface area contributed by atoms with Gasteiger partial charge in [-0.15, -0.1) is 0 Å². The summed E-state index contributed by atoms with van der Waals surface area (Å²) in [5, 5.41) is 0. The van der Waals surface area contributed by atoms with Crippen LogP contribution in [-0.2, 0) is 5.41 Å². The second kappa shape index (κ2) is 12.9. The fraction of sp³-hybridized carbons (Fsp3) is 0.0192. The Bertz CT molecular complexity index is 2840. The zero-order valence-electron chi connectivity index (χ0n) is 30.3. The molecule has 4 nitrogen and oxygen atoms in total. The van der Waals surface area contributed by atoms with Crippen molar-refractivity contribution in [2.24, 2.45) is 0 Å². The Labute approximate surface area is 325 Å². The minimum atomic E-state index is -0.506. The van der Waals surface area contributed by atoms with E-state index >= 15 is 0 Å². The van der Waals surface area contributed by atoms with E-state index in [4.69, 9.17) is 19.7 Å². The molecular formula is C52H33N3O. The molecule has 2 heterocycles. The molecule has 0 fully saturated rings. The summed E-state index contributed by atoms with van der Waals surface area (Å²) in [5.41, 5.74) is 14.0. The van der Waals surface area contributed by atoms with E-state index in [1.54, 1.807) is 0 Å². The van der Waals surface area contributed by atoms with Crippen molar-refractivity contribution in [1.29, 1.82) is 0 Å². The topological polar surface area (TPSA) is 47.9 Å². The highest BCUT2D eigenvalue weighted by molar-refractivity contribution is 5.91. The molecule has 2 aliphatic rings. The number of ether oxygens (including phenoxy) is 1. The third kappa shape index (κ3) is 4.89. The van der Waals surface area contributed by atoms with E-state index in [0.29, 0.717) is 17.5 Å². The molecule has 1 spiro atoms. The van der Waals surface area contributed by atoms with Gasteiger partial charge < -0.3 is 4.74 Å². The SMILES string of the molecule is c1ccc(-c2nc(-c3ccccc3)nc(-c3ccccc3-c3ccc(-c4cccc5c4Oc4ccccc4C54c5ccccc5-c5ccccc54)cc3)n2)cc1. The Morgan fingerprint density at radius 3 is 1.32 bits per heavy atom. The molecule has 0 unspecified atom stereocenters. The van der Waals surface area contributed by atoms with Gasteiger partial charge in [0, 0.05) is 33.4 Å². The van der Waals surface area contributed by atoms with E-state index in [0.717, 1.165) is 61.6 Å². The van der Waals surface area contributed by atoms with E-state index in [2.05, 4.69) is 133 Å². The van der Waals surface area contributed by atoms with Crippen LogP contribution in [0.3, 0.4) is 0 Å². The van der Waals surface area contributed by atoms with Gasteiger partial charge in [0.2, 0.25) is 0 Å². The van der Waals surface area contributed by atoms with Crippen LogP contribution in [-0.4, -0.2) is 15.0 Å². The predicted octanol–water partition coefficient (Wildman–Crippen LogP) is 12.7. The molecule has 4 heteroatoms. The third-order valence-corrected chi connectivity index (χ3v) is 11.2. The molecule has 11 rings (SSSR count). The first-order valence-electron chi connectivity index (χ1n) is 18.9. The summed E-state index contributed by atoms with van der Waals surface area (Å²) in [6.07, 6.45) is 0. The highest BCUT2D eigenvalue weighted by atomic mass is 16.5. The average molecular weight is 716 g/mol. The second-order valence-corrected chi connectivity index (χ2v) is 14.3. The van der Waals surface area contributed by atoms with Crippen molar-refractivity contribution in [3.63, 3.8) is 0 Å². The van der Waals surface area contributed by atoms with Crippen LogP contribution in [0.1, 0.15) is 22.3 Å². The molecule has 0 atom stereocenters. The normalized spacial score (nSPS) is 12.9. The first kappa shape index (κ1) is 32.0. The second-order valence-electron chi connectivity index (χ2n) is 14.3. The van der Waals surface area contributed by atoms with Gasteiger partial charge in [-0.2, -0.15) is 0 Å². The monoisotopic (exact) mass is 715 g/mol. The van der Waals surface area contributed by atoms with Crippen LogP contribution in [0.4, 0.5) is 0 Å². The lowest BCUT2D eigenvalue weighted by Gasteiger charge is -2.40. The molecule has 0 radical (unpaired) electrons. The minimum Gasteiger partial charge on any atom is -0.456 e. The van der Waals surface area contributed by atoms with Gasteiger partial charge in [-0.3, -0.25) is 0 Å². The van der Waals surface area contributed by atoms with Crippen molar-refractivity contribution in [2.75, 3.05) is 0 Å². The van der Waals surface area contributed by atoms with Crippen LogP contribution in [0.25, 0.3) is 67.5 Å². The largest absolute Gasteiger partial charge is 0.456 e. The van der Waals surface area contributed by atoms with Crippen molar-refractivity contribution in [3.05, 3.63) is 222 Å². The fourth-order valence-corrected chi connectivity index (χ4v) is 8.79. The summed E-state index contributed by atoms with van der Waals surface area (Å²) in [7, 11) is 0. The Balaban J connectivity index is 1.04. The summed E-state index contributed by atoms with van der Waals surface area (Å²) >= 11 is 0. The standard InChI is InChI=1S/C52H33N3O/c1-3-16-36(17-4-1)49-53-50(37-18-5-2-6-19-37)55-51(54-49)42-23-8-7-20-38(42)34-30-32-35(33-31-34)39-24-15-28-46-48(39)56-47-29-14-13-27-45(47)52(46)43-25-11-9-21-40(43)41-22-10-12-26-44(41)52/h1-33H. The van der Waals surface area contributed by atoms with Gasteiger partial charge >= 0.3 is 0 Å². The first-order chi connectivity index (χ1) is 27.8. The molecule has 1 aromatic heterocycles. The van der Waals surface area contributed by atoms with Gasteiger partial charge in [0.15, 0.2) is 17.5 Å². The van der Waals surface area contributed by atoms with Crippen LogP contribution in [0.2, 0.25) is 0 Å². The van der Waals surface area contributed by atoms with E-state index < -0.39 is 5.41 Å². The van der Waals surface area contributed by atoms with E-state index in [1.165, 1.54) is 22.3 Å². The van der Waals surface area contributed by atoms with Gasteiger partial charge in [0.1, 0.15) is 11.5 Å². The predicted molar refractivity (Wildman–Crippen MR) is 224 cm³/mol. The van der Waals surface area contributed by atoms with E-state index in [9.17, 15) is 0 Å². The zero-order chi connectivity index (χ0) is 37.1. The van der Waals surface area contributed by atoms with Crippen LogP contribution in [0, 0.1) is 0 Å². The Morgan fingerprint density at radius 2 is 0.714 bits per heavy atom. The molecule has 0 saturated heterocycles.